The van der Waals surface area contributed by atoms with Crippen LogP contribution in [0.5, 0.6) is 0 Å². The van der Waals surface area contributed by atoms with E-state index >= 15 is 0 Å². The number of nitrogens with zero attached hydrogens (tertiary/aromatic N) is 1. The fourth-order valence-electron chi connectivity index (χ4n) is 2.85. The highest BCUT2D eigenvalue weighted by Gasteiger charge is 2.20. The number of anilines is 1. The third kappa shape index (κ3) is 3.03. The second-order valence-electron chi connectivity index (χ2n) is 5.23. The second-order valence-corrected chi connectivity index (χ2v) is 5.23. The molecule has 0 saturated carbocycles. The van der Waals surface area contributed by atoms with Crippen molar-refractivity contribution < 1.29 is 4.74 Å². The molecule has 100 valence electrons. The normalized spacial score (nSPS) is 20.2. The number of aryl methyl sites for hydroxylation is 1. The van der Waals surface area contributed by atoms with Crippen LogP contribution in [-0.2, 0) is 11.3 Å². The van der Waals surface area contributed by atoms with Crippen LogP contribution < -0.4 is 10.6 Å². The molecule has 1 saturated heterocycles. The van der Waals surface area contributed by atoms with E-state index in [2.05, 4.69) is 30.0 Å². The molecule has 0 spiro atoms. The fourth-order valence-corrected chi connectivity index (χ4v) is 2.85. The molecule has 1 atom stereocenters. The van der Waals surface area contributed by atoms with Crippen LogP contribution in [0.25, 0.3) is 0 Å². The van der Waals surface area contributed by atoms with Gasteiger partial charge in [0.05, 0.1) is 6.61 Å². The molecule has 3 heteroatoms. The van der Waals surface area contributed by atoms with Crippen molar-refractivity contribution >= 4 is 5.69 Å². The van der Waals surface area contributed by atoms with E-state index in [9.17, 15) is 0 Å². The maximum Gasteiger partial charge on any atom is 0.0507 e. The molecule has 2 rings (SSSR count). The van der Waals surface area contributed by atoms with Crippen LogP contribution >= 0.6 is 0 Å². The van der Waals surface area contributed by atoms with Crippen LogP contribution in [0.15, 0.2) is 18.2 Å². The first kappa shape index (κ1) is 13.4. The van der Waals surface area contributed by atoms with Gasteiger partial charge in [0, 0.05) is 32.4 Å². The highest BCUT2D eigenvalue weighted by Crippen LogP contribution is 2.26. The summed E-state index contributed by atoms with van der Waals surface area (Å²) in [5.41, 5.74) is 9.57. The average molecular weight is 248 g/mol. The van der Waals surface area contributed by atoms with E-state index in [0.717, 1.165) is 19.7 Å². The quantitative estimate of drug-likeness (QED) is 0.888. The van der Waals surface area contributed by atoms with Gasteiger partial charge in [0.25, 0.3) is 0 Å². The molecule has 1 heterocycles. The Kier molecular flexibility index (Phi) is 4.61. The molecule has 1 aliphatic heterocycles. The van der Waals surface area contributed by atoms with Crippen molar-refractivity contribution in [1.82, 2.24) is 0 Å². The Labute approximate surface area is 110 Å². The predicted octanol–water partition coefficient (Wildman–Crippen LogP) is 2.32. The van der Waals surface area contributed by atoms with Crippen molar-refractivity contribution in [2.75, 3.05) is 31.7 Å². The molecule has 1 aromatic carbocycles. The van der Waals surface area contributed by atoms with Crippen molar-refractivity contribution in [2.45, 2.75) is 26.3 Å². The summed E-state index contributed by atoms with van der Waals surface area (Å²) in [7, 11) is 1.79. The van der Waals surface area contributed by atoms with Crippen LogP contribution in [0.2, 0.25) is 0 Å². The highest BCUT2D eigenvalue weighted by atomic mass is 16.5. The van der Waals surface area contributed by atoms with Crippen molar-refractivity contribution in [1.29, 1.82) is 0 Å². The van der Waals surface area contributed by atoms with Gasteiger partial charge < -0.3 is 15.4 Å². The Morgan fingerprint density at radius 3 is 2.94 bits per heavy atom. The van der Waals surface area contributed by atoms with Crippen molar-refractivity contribution in [3.05, 3.63) is 29.3 Å². The van der Waals surface area contributed by atoms with E-state index in [1.54, 1.807) is 7.11 Å². The first-order valence-corrected chi connectivity index (χ1v) is 6.78. The van der Waals surface area contributed by atoms with Crippen LogP contribution in [0, 0.1) is 12.8 Å². The van der Waals surface area contributed by atoms with E-state index in [-0.39, 0.29) is 0 Å². The largest absolute Gasteiger partial charge is 0.384 e. The minimum Gasteiger partial charge on any atom is -0.384 e. The zero-order chi connectivity index (χ0) is 13.0. The molecule has 3 nitrogen and oxygen atoms in total. The van der Waals surface area contributed by atoms with Crippen molar-refractivity contribution in [3.8, 4) is 0 Å². The van der Waals surface area contributed by atoms with Crippen LogP contribution in [0.3, 0.4) is 0 Å². The number of rotatable bonds is 4. The van der Waals surface area contributed by atoms with Crippen molar-refractivity contribution in [2.24, 2.45) is 11.7 Å². The van der Waals surface area contributed by atoms with Gasteiger partial charge in [-0.3, -0.25) is 0 Å². The smallest absolute Gasteiger partial charge is 0.0507 e. The first-order valence-electron chi connectivity index (χ1n) is 6.78. The number of nitrogens with two attached hydrogens (primary N) is 1. The lowest BCUT2D eigenvalue weighted by atomic mass is 9.97. The summed E-state index contributed by atoms with van der Waals surface area (Å²) in [5, 5.41) is 0. The van der Waals surface area contributed by atoms with Gasteiger partial charge in [0.15, 0.2) is 0 Å². The maximum atomic E-state index is 5.68. The molecule has 1 unspecified atom stereocenters. The van der Waals surface area contributed by atoms with E-state index < -0.39 is 0 Å². The summed E-state index contributed by atoms with van der Waals surface area (Å²) in [4.78, 5) is 2.49. The molecule has 2 N–H and O–H groups in total. The molecular formula is C15H24N2O. The van der Waals surface area contributed by atoms with Gasteiger partial charge in [-0.2, -0.15) is 0 Å². The van der Waals surface area contributed by atoms with Gasteiger partial charge in [-0.15, -0.1) is 0 Å². The summed E-state index contributed by atoms with van der Waals surface area (Å²) in [6, 6.07) is 6.56. The minimum absolute atomic E-state index is 0.618. The lowest BCUT2D eigenvalue weighted by molar-refractivity contribution is 0.143. The summed E-state index contributed by atoms with van der Waals surface area (Å²) >= 11 is 0. The fraction of sp³-hybridized carbons (Fsp3) is 0.600. The van der Waals surface area contributed by atoms with Gasteiger partial charge in [0.1, 0.15) is 0 Å². The average Bonchev–Trinajstić information content (AvgIpc) is 2.39. The number of hydrogen-bond donors (Lipinski definition) is 1. The molecule has 1 fully saturated rings. The van der Waals surface area contributed by atoms with Crippen LogP contribution in [0.1, 0.15) is 24.0 Å². The third-order valence-electron chi connectivity index (χ3n) is 3.76. The zero-order valence-corrected chi connectivity index (χ0v) is 11.5. The number of methoxy groups -OCH3 is 1. The van der Waals surface area contributed by atoms with Gasteiger partial charge in [0.2, 0.25) is 0 Å². The highest BCUT2D eigenvalue weighted by molar-refractivity contribution is 5.54. The Morgan fingerprint density at radius 1 is 1.44 bits per heavy atom. The van der Waals surface area contributed by atoms with Gasteiger partial charge in [-0.1, -0.05) is 12.1 Å². The summed E-state index contributed by atoms with van der Waals surface area (Å²) < 4.78 is 5.29. The summed E-state index contributed by atoms with van der Waals surface area (Å²) in [6.45, 7) is 5.93. The van der Waals surface area contributed by atoms with E-state index in [1.807, 2.05) is 0 Å². The predicted molar refractivity (Wildman–Crippen MR) is 75.9 cm³/mol. The van der Waals surface area contributed by atoms with Crippen LogP contribution in [-0.4, -0.2) is 26.8 Å². The van der Waals surface area contributed by atoms with Crippen LogP contribution in [0.4, 0.5) is 5.69 Å². The van der Waals surface area contributed by atoms with E-state index in [4.69, 9.17) is 10.5 Å². The number of piperidine rings is 1. The molecular weight excluding hydrogens is 224 g/mol. The number of benzene rings is 1. The topological polar surface area (TPSA) is 38.5 Å². The Bertz CT molecular complexity index is 390. The lowest BCUT2D eigenvalue weighted by Gasteiger charge is -2.35. The standard InChI is InChI=1S/C15H24N2O/c1-12-8-13(9-16)5-6-15(12)17-7-3-4-14(10-17)11-18-2/h5-6,8,14H,3-4,7,9-11,16H2,1-2H3. The minimum atomic E-state index is 0.618. The SMILES string of the molecule is COCC1CCCN(c2ccc(CN)cc2C)C1. The van der Waals surface area contributed by atoms with Gasteiger partial charge in [-0.05, 0) is 42.9 Å². The van der Waals surface area contributed by atoms with Gasteiger partial charge >= 0.3 is 0 Å². The zero-order valence-electron chi connectivity index (χ0n) is 11.5. The Morgan fingerprint density at radius 2 is 2.28 bits per heavy atom. The lowest BCUT2D eigenvalue weighted by Crippen LogP contribution is -2.37. The number of ether oxygens (including phenoxy) is 1. The molecule has 0 aromatic heterocycles. The monoisotopic (exact) mass is 248 g/mol. The van der Waals surface area contributed by atoms with Crippen molar-refractivity contribution in [3.63, 3.8) is 0 Å². The molecule has 0 bridgehead atoms. The van der Waals surface area contributed by atoms with E-state index in [0.29, 0.717) is 12.5 Å². The molecule has 0 aliphatic carbocycles. The molecule has 0 radical (unpaired) electrons. The summed E-state index contributed by atoms with van der Waals surface area (Å²) in [5.74, 6) is 0.664. The Balaban J connectivity index is 2.10. The molecule has 0 amide bonds. The first-order chi connectivity index (χ1) is 8.74. The maximum absolute atomic E-state index is 5.68. The van der Waals surface area contributed by atoms with E-state index in [1.165, 1.54) is 29.7 Å². The van der Waals surface area contributed by atoms with Gasteiger partial charge in [-0.25, -0.2) is 0 Å². The summed E-state index contributed by atoms with van der Waals surface area (Å²) in [6.07, 6.45) is 2.54. The third-order valence-corrected chi connectivity index (χ3v) is 3.76. The Hall–Kier alpha value is -1.06. The number of hydrogen-bond acceptors (Lipinski definition) is 3. The molecule has 18 heavy (non-hydrogen) atoms. The second kappa shape index (κ2) is 6.21. The molecule has 1 aliphatic rings. The molecule has 1 aromatic rings.